The SMILES string of the molecule is NC(=O)CCC(NC(=O)NC(CO)C(=O)O)c1nnc([C@@H]2C[C@@H](O)CN2)o1. The highest BCUT2D eigenvalue weighted by Gasteiger charge is 2.30. The van der Waals surface area contributed by atoms with E-state index in [0.717, 1.165) is 0 Å². The number of carboxylic acids is 1. The van der Waals surface area contributed by atoms with Crippen LogP contribution >= 0.6 is 0 Å². The number of aliphatic hydroxyl groups is 2. The van der Waals surface area contributed by atoms with Crippen molar-refractivity contribution < 1.29 is 34.1 Å². The van der Waals surface area contributed by atoms with Gasteiger partial charge in [-0.1, -0.05) is 0 Å². The van der Waals surface area contributed by atoms with Crippen molar-refractivity contribution in [1.29, 1.82) is 0 Å². The molecule has 0 saturated carbocycles. The van der Waals surface area contributed by atoms with Gasteiger partial charge in [-0.15, -0.1) is 10.2 Å². The molecule has 0 aliphatic carbocycles. The Kier molecular flexibility index (Phi) is 7.04. The molecule has 13 heteroatoms. The number of carboxylic acid groups (broad SMARTS) is 1. The highest BCUT2D eigenvalue weighted by molar-refractivity contribution is 5.82. The second-order valence-electron chi connectivity index (χ2n) is 6.08. The van der Waals surface area contributed by atoms with E-state index in [1.54, 1.807) is 0 Å². The van der Waals surface area contributed by atoms with Gasteiger partial charge in [-0.3, -0.25) is 4.79 Å². The van der Waals surface area contributed by atoms with Gasteiger partial charge in [0.1, 0.15) is 6.04 Å². The first kappa shape index (κ1) is 20.5. The van der Waals surface area contributed by atoms with Crippen molar-refractivity contribution in [2.75, 3.05) is 13.2 Å². The Morgan fingerprint density at radius 2 is 2.07 bits per heavy atom. The Morgan fingerprint density at radius 3 is 2.63 bits per heavy atom. The van der Waals surface area contributed by atoms with Gasteiger partial charge in [0, 0.05) is 13.0 Å². The molecule has 4 atom stereocenters. The van der Waals surface area contributed by atoms with Crippen LogP contribution in [-0.4, -0.2) is 68.7 Å². The van der Waals surface area contributed by atoms with Gasteiger partial charge in [-0.25, -0.2) is 9.59 Å². The van der Waals surface area contributed by atoms with Gasteiger partial charge < -0.3 is 41.4 Å². The minimum Gasteiger partial charge on any atom is -0.480 e. The first-order chi connectivity index (χ1) is 12.8. The number of hydrogen-bond acceptors (Lipinski definition) is 9. The van der Waals surface area contributed by atoms with E-state index in [9.17, 15) is 19.5 Å². The molecule has 1 aromatic rings. The molecular weight excluding hydrogens is 364 g/mol. The number of amides is 3. The van der Waals surface area contributed by atoms with Crippen LogP contribution in [0.2, 0.25) is 0 Å². The van der Waals surface area contributed by atoms with E-state index < -0.39 is 42.7 Å². The normalized spacial score (nSPS) is 21.4. The number of β-amino-alcohol motifs (C(OH)–C–C–N with tert-alkyl or cyclic N) is 1. The minimum absolute atomic E-state index is 0.000429. The summed E-state index contributed by atoms with van der Waals surface area (Å²) in [4.78, 5) is 33.9. The molecule has 3 amide bonds. The van der Waals surface area contributed by atoms with Crippen LogP contribution in [0.3, 0.4) is 0 Å². The van der Waals surface area contributed by atoms with Crippen molar-refractivity contribution in [3.8, 4) is 0 Å². The molecule has 13 nitrogen and oxygen atoms in total. The summed E-state index contributed by atoms with van der Waals surface area (Å²) in [7, 11) is 0. The average molecular weight is 386 g/mol. The van der Waals surface area contributed by atoms with Gasteiger partial charge in [-0.05, 0) is 12.8 Å². The van der Waals surface area contributed by atoms with E-state index >= 15 is 0 Å². The van der Waals surface area contributed by atoms with Crippen LogP contribution in [0.15, 0.2) is 4.42 Å². The Morgan fingerprint density at radius 1 is 1.33 bits per heavy atom. The lowest BCUT2D eigenvalue weighted by molar-refractivity contribution is -0.140. The molecule has 2 heterocycles. The van der Waals surface area contributed by atoms with Crippen molar-refractivity contribution in [2.24, 2.45) is 5.73 Å². The molecule has 1 saturated heterocycles. The lowest BCUT2D eigenvalue weighted by Crippen LogP contribution is -2.48. The number of nitrogens with one attached hydrogen (secondary N) is 3. The fraction of sp³-hybridized carbons (Fsp3) is 0.643. The molecule has 1 aliphatic heterocycles. The van der Waals surface area contributed by atoms with Crippen LogP contribution in [0.1, 0.15) is 43.1 Å². The lowest BCUT2D eigenvalue weighted by Gasteiger charge is -2.17. The molecule has 1 aliphatic rings. The van der Waals surface area contributed by atoms with Crippen LogP contribution in [0.25, 0.3) is 0 Å². The molecule has 1 fully saturated rings. The quantitative estimate of drug-likeness (QED) is 0.237. The number of nitrogens with two attached hydrogens (primary N) is 1. The highest BCUT2D eigenvalue weighted by atomic mass is 16.4. The monoisotopic (exact) mass is 386 g/mol. The zero-order chi connectivity index (χ0) is 20.0. The number of carbonyl (C=O) groups is 3. The average Bonchev–Trinajstić information content (AvgIpc) is 3.24. The van der Waals surface area contributed by atoms with Gasteiger partial charge in [0.15, 0.2) is 6.04 Å². The van der Waals surface area contributed by atoms with Crippen LogP contribution in [0.4, 0.5) is 4.79 Å². The number of rotatable bonds is 9. The maximum atomic E-state index is 12.0. The zero-order valence-electron chi connectivity index (χ0n) is 14.3. The molecule has 150 valence electrons. The molecule has 0 aromatic carbocycles. The van der Waals surface area contributed by atoms with Crippen LogP contribution in [0, 0.1) is 0 Å². The number of carbonyl (C=O) groups excluding carboxylic acids is 2. The summed E-state index contributed by atoms with van der Waals surface area (Å²) in [5.74, 6) is -1.80. The lowest BCUT2D eigenvalue weighted by atomic mass is 10.1. The van der Waals surface area contributed by atoms with Crippen LogP contribution in [0.5, 0.6) is 0 Å². The molecule has 0 radical (unpaired) electrons. The van der Waals surface area contributed by atoms with Crippen molar-refractivity contribution >= 4 is 17.9 Å². The van der Waals surface area contributed by atoms with Crippen molar-refractivity contribution in [3.63, 3.8) is 0 Å². The number of aliphatic hydroxyl groups excluding tert-OH is 2. The van der Waals surface area contributed by atoms with E-state index in [1.165, 1.54) is 0 Å². The molecule has 2 rings (SSSR count). The summed E-state index contributed by atoms with van der Waals surface area (Å²) < 4.78 is 5.53. The highest BCUT2D eigenvalue weighted by Crippen LogP contribution is 2.25. The maximum Gasteiger partial charge on any atom is 0.328 e. The summed E-state index contributed by atoms with van der Waals surface area (Å²) in [6, 6.07) is -3.64. The molecular formula is C14H22N6O7. The number of nitrogens with zero attached hydrogens (tertiary/aromatic N) is 2. The molecule has 0 spiro atoms. The van der Waals surface area contributed by atoms with Crippen LogP contribution in [-0.2, 0) is 9.59 Å². The van der Waals surface area contributed by atoms with Crippen molar-refractivity contribution in [1.82, 2.24) is 26.1 Å². The maximum absolute atomic E-state index is 12.0. The second kappa shape index (κ2) is 9.25. The number of aliphatic carboxylic acids is 1. The third-order valence-corrected chi connectivity index (χ3v) is 3.93. The summed E-state index contributed by atoms with van der Waals surface area (Å²) in [5.41, 5.74) is 5.13. The number of urea groups is 1. The summed E-state index contributed by atoms with van der Waals surface area (Å²) >= 11 is 0. The number of aromatic nitrogens is 2. The number of hydrogen-bond donors (Lipinski definition) is 7. The Hall–Kier alpha value is -2.77. The molecule has 27 heavy (non-hydrogen) atoms. The third-order valence-electron chi connectivity index (χ3n) is 3.93. The van der Waals surface area contributed by atoms with E-state index in [1.807, 2.05) is 0 Å². The van der Waals surface area contributed by atoms with Gasteiger partial charge >= 0.3 is 12.0 Å². The van der Waals surface area contributed by atoms with Gasteiger partial charge in [0.25, 0.3) is 0 Å². The van der Waals surface area contributed by atoms with Gasteiger partial charge in [-0.2, -0.15) is 0 Å². The van der Waals surface area contributed by atoms with Crippen molar-refractivity contribution in [2.45, 2.75) is 43.5 Å². The van der Waals surface area contributed by atoms with Crippen LogP contribution < -0.4 is 21.7 Å². The third kappa shape index (κ3) is 5.87. The fourth-order valence-corrected chi connectivity index (χ4v) is 2.52. The topological polar surface area (TPSA) is 213 Å². The summed E-state index contributed by atoms with van der Waals surface area (Å²) in [6.07, 6.45) is -0.197. The summed E-state index contributed by atoms with van der Waals surface area (Å²) in [5, 5.41) is 42.6. The van der Waals surface area contributed by atoms with E-state index in [4.69, 9.17) is 20.4 Å². The molecule has 2 unspecified atom stereocenters. The zero-order valence-corrected chi connectivity index (χ0v) is 14.3. The minimum atomic E-state index is -1.50. The predicted octanol–water partition coefficient (Wildman–Crippen LogP) is -2.48. The summed E-state index contributed by atoms with van der Waals surface area (Å²) in [6.45, 7) is -0.416. The Bertz CT molecular complexity index is 681. The first-order valence-electron chi connectivity index (χ1n) is 8.23. The first-order valence-corrected chi connectivity index (χ1v) is 8.23. The molecule has 8 N–H and O–H groups in total. The predicted molar refractivity (Wildman–Crippen MR) is 87.0 cm³/mol. The number of primary amides is 1. The largest absolute Gasteiger partial charge is 0.480 e. The smallest absolute Gasteiger partial charge is 0.328 e. The van der Waals surface area contributed by atoms with Gasteiger partial charge in [0.2, 0.25) is 17.7 Å². The van der Waals surface area contributed by atoms with Gasteiger partial charge in [0.05, 0.1) is 18.8 Å². The second-order valence-corrected chi connectivity index (χ2v) is 6.08. The fourth-order valence-electron chi connectivity index (χ4n) is 2.52. The standard InChI is InChI=1S/C14H22N6O7/c15-10(23)2-1-7(17-14(26)18-9(5-21)13(24)25)11-19-20-12(27-11)8-3-6(22)4-16-8/h6-9,16,21-22H,1-5H2,(H2,15,23)(H,24,25)(H2,17,18,26)/t6-,7?,8+,9?/m1/s1. The Balaban J connectivity index is 2.07. The van der Waals surface area contributed by atoms with E-state index in [0.29, 0.717) is 13.0 Å². The molecule has 0 bridgehead atoms. The van der Waals surface area contributed by atoms with E-state index in [2.05, 4.69) is 26.1 Å². The van der Waals surface area contributed by atoms with Crippen molar-refractivity contribution in [3.05, 3.63) is 11.8 Å². The molecule has 1 aromatic heterocycles. The Labute approximate surface area is 153 Å². The van der Waals surface area contributed by atoms with E-state index in [-0.39, 0.29) is 30.7 Å².